The topological polar surface area (TPSA) is 93.9 Å². The minimum atomic E-state index is -0.463. The molecule has 0 radical (unpaired) electrons. The van der Waals surface area contributed by atoms with Crippen LogP contribution in [-0.2, 0) is 4.79 Å². The van der Waals surface area contributed by atoms with Crippen LogP contribution in [0.4, 0.5) is 11.4 Å². The highest BCUT2D eigenvalue weighted by Gasteiger charge is 2.29. The molecule has 0 unspecified atom stereocenters. The molecule has 1 fully saturated rings. The number of rotatable bonds is 5. The summed E-state index contributed by atoms with van der Waals surface area (Å²) in [5, 5.41) is 13.9. The molecular weight excluding hydrogens is 386 g/mol. The zero-order chi connectivity index (χ0) is 21.1. The first-order valence-corrected chi connectivity index (χ1v) is 10.2. The van der Waals surface area contributed by atoms with Crippen molar-refractivity contribution in [2.75, 3.05) is 31.6 Å². The van der Waals surface area contributed by atoms with Crippen molar-refractivity contribution in [3.8, 4) is 11.5 Å². The molecule has 0 aliphatic carbocycles. The minimum Gasteiger partial charge on any atom is -0.490 e. The van der Waals surface area contributed by atoms with Gasteiger partial charge in [0.2, 0.25) is 5.91 Å². The molecular formula is C22H25N3O5. The molecule has 8 heteroatoms. The van der Waals surface area contributed by atoms with Crippen molar-refractivity contribution >= 4 is 17.3 Å². The number of likely N-dealkylation sites (tertiary alicyclic amines) is 1. The summed E-state index contributed by atoms with van der Waals surface area (Å²) in [7, 11) is 0. The van der Waals surface area contributed by atoms with Gasteiger partial charge in [0.15, 0.2) is 11.5 Å². The molecule has 0 bridgehead atoms. The molecule has 8 nitrogen and oxygen atoms in total. The Morgan fingerprint density at radius 1 is 1.17 bits per heavy atom. The average Bonchev–Trinajstić information content (AvgIpc) is 3.04. The van der Waals surface area contributed by atoms with Crippen molar-refractivity contribution in [2.45, 2.75) is 32.2 Å². The number of non-ortho nitro benzene ring substituents is 1. The number of carbonyl (C=O) groups excluding carboxylic acids is 1. The standard InChI is InChI=1S/C22H25N3O5/c1-15-5-7-17(25(27)28)13-18(15)23-22(26)14-24-9-2-4-19(24)16-6-8-20-21(12-16)30-11-3-10-29-20/h5-8,12-13,19H,2-4,9-11,14H2,1H3,(H,23,26)/t19-/m0/s1. The third-order valence-electron chi connectivity index (χ3n) is 5.57. The quantitative estimate of drug-likeness (QED) is 0.593. The maximum atomic E-state index is 12.7. The van der Waals surface area contributed by atoms with Crippen molar-refractivity contribution in [1.29, 1.82) is 0 Å². The van der Waals surface area contributed by atoms with E-state index < -0.39 is 4.92 Å². The molecule has 0 aromatic heterocycles. The molecule has 2 heterocycles. The number of fused-ring (bicyclic) bond motifs is 1. The van der Waals surface area contributed by atoms with Crippen molar-refractivity contribution in [3.63, 3.8) is 0 Å². The Bertz CT molecular complexity index is 962. The Morgan fingerprint density at radius 2 is 1.97 bits per heavy atom. The molecule has 2 aromatic carbocycles. The number of anilines is 1. The lowest BCUT2D eigenvalue weighted by molar-refractivity contribution is -0.384. The van der Waals surface area contributed by atoms with Gasteiger partial charge in [-0.05, 0) is 49.6 Å². The number of nitro benzene ring substituents is 1. The third-order valence-corrected chi connectivity index (χ3v) is 5.57. The molecule has 1 amide bonds. The van der Waals surface area contributed by atoms with E-state index in [4.69, 9.17) is 9.47 Å². The van der Waals surface area contributed by atoms with E-state index >= 15 is 0 Å². The van der Waals surface area contributed by atoms with E-state index in [1.807, 2.05) is 25.1 Å². The van der Waals surface area contributed by atoms with E-state index in [0.29, 0.717) is 18.9 Å². The smallest absolute Gasteiger partial charge is 0.271 e. The summed E-state index contributed by atoms with van der Waals surface area (Å²) in [6, 6.07) is 10.6. The monoisotopic (exact) mass is 411 g/mol. The van der Waals surface area contributed by atoms with E-state index in [2.05, 4.69) is 10.2 Å². The predicted molar refractivity (Wildman–Crippen MR) is 112 cm³/mol. The second-order valence-corrected chi connectivity index (χ2v) is 7.69. The fraction of sp³-hybridized carbons (Fsp3) is 0.409. The van der Waals surface area contributed by atoms with Gasteiger partial charge in [-0.3, -0.25) is 19.8 Å². The van der Waals surface area contributed by atoms with E-state index in [1.165, 1.54) is 12.1 Å². The number of nitrogens with zero attached hydrogens (tertiary/aromatic N) is 2. The molecule has 4 rings (SSSR count). The Labute approximate surface area is 174 Å². The van der Waals surface area contributed by atoms with Crippen molar-refractivity contribution in [1.82, 2.24) is 4.90 Å². The molecule has 0 saturated carbocycles. The van der Waals surface area contributed by atoms with E-state index in [0.717, 1.165) is 48.4 Å². The number of aryl methyl sites for hydroxylation is 1. The molecule has 0 spiro atoms. The van der Waals surface area contributed by atoms with Crippen LogP contribution < -0.4 is 14.8 Å². The van der Waals surface area contributed by atoms with Crippen LogP contribution >= 0.6 is 0 Å². The first kappa shape index (κ1) is 20.2. The fourth-order valence-corrected chi connectivity index (χ4v) is 4.01. The van der Waals surface area contributed by atoms with Gasteiger partial charge in [-0.1, -0.05) is 12.1 Å². The molecule has 2 aliphatic heterocycles. The first-order chi connectivity index (χ1) is 14.5. The zero-order valence-corrected chi connectivity index (χ0v) is 16.9. The minimum absolute atomic E-state index is 0.0397. The SMILES string of the molecule is Cc1ccc([N+](=O)[O-])cc1NC(=O)CN1CCC[C@H]1c1ccc2c(c1)OCCCO2. The van der Waals surface area contributed by atoms with Gasteiger partial charge in [-0.15, -0.1) is 0 Å². The normalized spacial score (nSPS) is 18.6. The van der Waals surface area contributed by atoms with Gasteiger partial charge < -0.3 is 14.8 Å². The summed E-state index contributed by atoms with van der Waals surface area (Å²) in [5.74, 6) is 1.34. The largest absolute Gasteiger partial charge is 0.490 e. The van der Waals surface area contributed by atoms with Gasteiger partial charge in [0.05, 0.1) is 30.4 Å². The Kier molecular flexibility index (Phi) is 5.85. The highest BCUT2D eigenvalue weighted by molar-refractivity contribution is 5.93. The maximum absolute atomic E-state index is 12.7. The lowest BCUT2D eigenvalue weighted by Gasteiger charge is -2.25. The van der Waals surface area contributed by atoms with Crippen molar-refractivity contribution < 1.29 is 19.2 Å². The summed E-state index contributed by atoms with van der Waals surface area (Å²) < 4.78 is 11.5. The van der Waals surface area contributed by atoms with Crippen LogP contribution in [0.15, 0.2) is 36.4 Å². The summed E-state index contributed by atoms with van der Waals surface area (Å²) in [5.41, 5.74) is 2.33. The molecule has 1 saturated heterocycles. The van der Waals surface area contributed by atoms with Crippen LogP contribution in [0, 0.1) is 17.0 Å². The highest BCUT2D eigenvalue weighted by Crippen LogP contribution is 2.37. The lowest BCUT2D eigenvalue weighted by Crippen LogP contribution is -2.33. The van der Waals surface area contributed by atoms with Crippen LogP contribution in [0.3, 0.4) is 0 Å². The van der Waals surface area contributed by atoms with Gasteiger partial charge in [0.25, 0.3) is 5.69 Å². The molecule has 30 heavy (non-hydrogen) atoms. The van der Waals surface area contributed by atoms with Crippen molar-refractivity contribution in [2.24, 2.45) is 0 Å². The van der Waals surface area contributed by atoms with Gasteiger partial charge in [0, 0.05) is 24.6 Å². The third kappa shape index (κ3) is 4.38. The van der Waals surface area contributed by atoms with E-state index in [1.54, 1.807) is 6.07 Å². The number of carbonyl (C=O) groups is 1. The highest BCUT2D eigenvalue weighted by atomic mass is 16.6. The predicted octanol–water partition coefficient (Wildman–Crippen LogP) is 3.84. The molecule has 2 aromatic rings. The van der Waals surface area contributed by atoms with Crippen molar-refractivity contribution in [3.05, 3.63) is 57.6 Å². The summed E-state index contributed by atoms with van der Waals surface area (Å²) >= 11 is 0. The molecule has 158 valence electrons. The van der Waals surface area contributed by atoms with Gasteiger partial charge in [-0.25, -0.2) is 0 Å². The first-order valence-electron chi connectivity index (χ1n) is 10.2. The number of amides is 1. The van der Waals surface area contributed by atoms with Gasteiger partial charge >= 0.3 is 0 Å². The summed E-state index contributed by atoms with van der Waals surface area (Å²) in [6.07, 6.45) is 2.82. The average molecular weight is 411 g/mol. The van der Waals surface area contributed by atoms with E-state index in [9.17, 15) is 14.9 Å². The Morgan fingerprint density at radius 3 is 2.77 bits per heavy atom. The fourth-order valence-electron chi connectivity index (χ4n) is 4.01. The van der Waals surface area contributed by atoms with Crippen LogP contribution in [0.2, 0.25) is 0 Å². The number of hydrogen-bond donors (Lipinski definition) is 1. The number of benzene rings is 2. The number of hydrogen-bond acceptors (Lipinski definition) is 6. The number of nitro groups is 1. The molecule has 1 N–H and O–H groups in total. The second kappa shape index (κ2) is 8.71. The van der Waals surface area contributed by atoms with Crippen LogP contribution in [0.5, 0.6) is 11.5 Å². The van der Waals surface area contributed by atoms with Crippen LogP contribution in [0.25, 0.3) is 0 Å². The zero-order valence-electron chi connectivity index (χ0n) is 16.9. The molecule has 2 aliphatic rings. The van der Waals surface area contributed by atoms with Gasteiger partial charge in [-0.2, -0.15) is 0 Å². The number of nitrogens with one attached hydrogen (secondary N) is 1. The summed E-state index contributed by atoms with van der Waals surface area (Å²) in [6.45, 7) is 4.15. The lowest BCUT2D eigenvalue weighted by atomic mass is 10.0. The Hall–Kier alpha value is -3.13. The Balaban J connectivity index is 1.46. The maximum Gasteiger partial charge on any atom is 0.271 e. The van der Waals surface area contributed by atoms with Gasteiger partial charge in [0.1, 0.15) is 0 Å². The van der Waals surface area contributed by atoms with E-state index in [-0.39, 0.29) is 24.2 Å². The van der Waals surface area contributed by atoms with Crippen LogP contribution in [-0.4, -0.2) is 42.0 Å². The number of ether oxygens (including phenoxy) is 2. The second-order valence-electron chi connectivity index (χ2n) is 7.69. The van der Waals surface area contributed by atoms with Crippen LogP contribution in [0.1, 0.15) is 36.4 Å². The summed E-state index contributed by atoms with van der Waals surface area (Å²) in [4.78, 5) is 25.4. The molecule has 1 atom stereocenters.